The summed E-state index contributed by atoms with van der Waals surface area (Å²) >= 11 is 0. The predicted octanol–water partition coefficient (Wildman–Crippen LogP) is 6.28. The number of rotatable bonds is 1. The molecule has 0 spiro atoms. The fourth-order valence-corrected chi connectivity index (χ4v) is 3.83. The second kappa shape index (κ2) is 4.96. The van der Waals surface area contributed by atoms with Crippen molar-refractivity contribution in [1.29, 1.82) is 0 Å². The molecule has 6 aromatic rings. The summed E-state index contributed by atoms with van der Waals surface area (Å²) in [5.41, 5.74) is 3.73. The van der Waals surface area contributed by atoms with Crippen molar-refractivity contribution in [3.05, 3.63) is 78.9 Å². The average molecular weight is 334 g/mol. The molecule has 0 atom stereocenters. The minimum absolute atomic E-state index is 0.623. The second-order valence-corrected chi connectivity index (χ2v) is 6.56. The first kappa shape index (κ1) is 13.7. The van der Waals surface area contributed by atoms with E-state index in [1.807, 2.05) is 24.3 Å². The van der Waals surface area contributed by atoms with E-state index in [0.717, 1.165) is 38.5 Å². The standard InChI is InChI=1S/C23H14N2O/c1-6-12-19-14(7-1)13-20(24-19)23-25-21-17-10-4-2-8-15(17)16-9-3-5-11-18(16)22(21)26-23/h1-13,24H. The van der Waals surface area contributed by atoms with E-state index in [2.05, 4.69) is 59.6 Å². The molecule has 3 heteroatoms. The summed E-state index contributed by atoms with van der Waals surface area (Å²) in [4.78, 5) is 8.27. The molecule has 2 aromatic heterocycles. The minimum Gasteiger partial charge on any atom is -0.434 e. The first-order valence-corrected chi connectivity index (χ1v) is 8.66. The molecule has 2 heterocycles. The lowest BCUT2D eigenvalue weighted by Gasteiger charge is -2.04. The van der Waals surface area contributed by atoms with Gasteiger partial charge in [0.05, 0.1) is 0 Å². The van der Waals surface area contributed by atoms with Crippen LogP contribution in [0, 0.1) is 0 Å². The Labute approximate surface area is 148 Å². The Morgan fingerprint density at radius 2 is 1.35 bits per heavy atom. The average Bonchev–Trinajstić information content (AvgIpc) is 3.33. The molecule has 0 saturated carbocycles. The quantitative estimate of drug-likeness (QED) is 0.359. The maximum absolute atomic E-state index is 6.26. The lowest BCUT2D eigenvalue weighted by Crippen LogP contribution is -1.80. The van der Waals surface area contributed by atoms with Crippen LogP contribution in [0.3, 0.4) is 0 Å². The Morgan fingerprint density at radius 1 is 0.692 bits per heavy atom. The van der Waals surface area contributed by atoms with Gasteiger partial charge < -0.3 is 9.40 Å². The molecule has 122 valence electrons. The molecule has 0 aliphatic rings. The third-order valence-corrected chi connectivity index (χ3v) is 5.03. The topological polar surface area (TPSA) is 41.8 Å². The van der Waals surface area contributed by atoms with E-state index in [-0.39, 0.29) is 0 Å². The van der Waals surface area contributed by atoms with Gasteiger partial charge in [-0.2, -0.15) is 0 Å². The van der Waals surface area contributed by atoms with Crippen LogP contribution in [0.1, 0.15) is 0 Å². The molecule has 0 aliphatic heterocycles. The SMILES string of the molecule is c1ccc2[nH]c(-c3nc4c5ccccc5c5ccccc5c4o3)cc2c1. The zero-order valence-corrected chi connectivity index (χ0v) is 13.9. The van der Waals surface area contributed by atoms with Crippen LogP contribution in [0.5, 0.6) is 0 Å². The molecule has 0 unspecified atom stereocenters. The largest absolute Gasteiger partial charge is 0.434 e. The van der Waals surface area contributed by atoms with E-state index >= 15 is 0 Å². The van der Waals surface area contributed by atoms with Gasteiger partial charge in [0.2, 0.25) is 5.89 Å². The molecule has 0 bridgehead atoms. The van der Waals surface area contributed by atoms with Crippen molar-refractivity contribution in [3.8, 4) is 11.6 Å². The molecule has 0 fully saturated rings. The Kier molecular flexibility index (Phi) is 2.61. The fraction of sp³-hybridized carbons (Fsp3) is 0. The molecule has 0 aliphatic carbocycles. The van der Waals surface area contributed by atoms with Crippen molar-refractivity contribution < 1.29 is 4.42 Å². The van der Waals surface area contributed by atoms with Crippen LogP contribution >= 0.6 is 0 Å². The van der Waals surface area contributed by atoms with Crippen LogP contribution in [0.4, 0.5) is 0 Å². The predicted molar refractivity (Wildman–Crippen MR) is 106 cm³/mol. The zero-order valence-electron chi connectivity index (χ0n) is 13.9. The number of fused-ring (bicyclic) bond motifs is 7. The van der Waals surface area contributed by atoms with Gasteiger partial charge >= 0.3 is 0 Å². The maximum atomic E-state index is 6.26. The summed E-state index contributed by atoms with van der Waals surface area (Å²) in [6.45, 7) is 0. The van der Waals surface area contributed by atoms with E-state index in [1.54, 1.807) is 0 Å². The number of nitrogens with zero attached hydrogens (tertiary/aromatic N) is 1. The minimum atomic E-state index is 0.623. The van der Waals surface area contributed by atoms with Gasteiger partial charge in [-0.15, -0.1) is 0 Å². The van der Waals surface area contributed by atoms with Gasteiger partial charge in [-0.1, -0.05) is 66.7 Å². The highest BCUT2D eigenvalue weighted by molar-refractivity contribution is 6.22. The summed E-state index contributed by atoms with van der Waals surface area (Å²) in [5.74, 6) is 0.623. The zero-order chi connectivity index (χ0) is 17.1. The number of aromatic nitrogens is 2. The summed E-state index contributed by atoms with van der Waals surface area (Å²) in [5, 5.41) is 5.75. The lowest BCUT2D eigenvalue weighted by molar-refractivity contribution is 0.620. The van der Waals surface area contributed by atoms with Crippen LogP contribution in [-0.4, -0.2) is 9.97 Å². The summed E-state index contributed by atoms with van der Waals surface area (Å²) in [7, 11) is 0. The third-order valence-electron chi connectivity index (χ3n) is 5.03. The summed E-state index contributed by atoms with van der Waals surface area (Å²) < 4.78 is 6.26. The van der Waals surface area contributed by atoms with Gasteiger partial charge in [0.15, 0.2) is 5.58 Å². The van der Waals surface area contributed by atoms with E-state index in [0.29, 0.717) is 5.89 Å². The first-order valence-electron chi connectivity index (χ1n) is 8.66. The number of hydrogen-bond donors (Lipinski definition) is 1. The Bertz CT molecular complexity index is 1330. The Morgan fingerprint density at radius 3 is 2.15 bits per heavy atom. The Hall–Kier alpha value is -3.59. The molecular formula is C23H14N2O. The first-order chi connectivity index (χ1) is 12.9. The van der Waals surface area contributed by atoms with Gasteiger partial charge in [0.1, 0.15) is 11.2 Å². The molecule has 3 nitrogen and oxygen atoms in total. The number of benzene rings is 4. The number of para-hydroxylation sites is 1. The van der Waals surface area contributed by atoms with Crippen molar-refractivity contribution >= 4 is 43.5 Å². The van der Waals surface area contributed by atoms with E-state index in [9.17, 15) is 0 Å². The maximum Gasteiger partial charge on any atom is 0.244 e. The van der Waals surface area contributed by atoms with Crippen LogP contribution in [-0.2, 0) is 0 Å². The molecule has 0 saturated heterocycles. The molecule has 0 amide bonds. The van der Waals surface area contributed by atoms with Gasteiger partial charge in [0.25, 0.3) is 0 Å². The molecule has 26 heavy (non-hydrogen) atoms. The second-order valence-electron chi connectivity index (χ2n) is 6.56. The smallest absolute Gasteiger partial charge is 0.244 e. The molecular weight excluding hydrogens is 320 g/mol. The van der Waals surface area contributed by atoms with Gasteiger partial charge in [-0.3, -0.25) is 0 Å². The normalized spacial score (nSPS) is 11.8. The highest BCUT2D eigenvalue weighted by Gasteiger charge is 2.16. The van der Waals surface area contributed by atoms with Crippen molar-refractivity contribution in [3.63, 3.8) is 0 Å². The lowest BCUT2D eigenvalue weighted by atomic mass is 10.0. The number of nitrogens with one attached hydrogen (secondary N) is 1. The van der Waals surface area contributed by atoms with Crippen LogP contribution < -0.4 is 0 Å². The van der Waals surface area contributed by atoms with Crippen LogP contribution in [0.25, 0.3) is 55.1 Å². The molecule has 4 aromatic carbocycles. The number of H-pyrrole nitrogens is 1. The van der Waals surface area contributed by atoms with Gasteiger partial charge in [-0.25, -0.2) is 4.98 Å². The highest BCUT2D eigenvalue weighted by atomic mass is 16.3. The van der Waals surface area contributed by atoms with Gasteiger partial charge in [-0.05, 0) is 22.9 Å². The third kappa shape index (κ3) is 1.80. The van der Waals surface area contributed by atoms with Crippen molar-refractivity contribution in [1.82, 2.24) is 9.97 Å². The van der Waals surface area contributed by atoms with E-state index in [4.69, 9.17) is 9.40 Å². The van der Waals surface area contributed by atoms with Crippen molar-refractivity contribution in [2.45, 2.75) is 0 Å². The van der Waals surface area contributed by atoms with Crippen LogP contribution in [0.15, 0.2) is 83.3 Å². The summed E-state index contributed by atoms with van der Waals surface area (Å²) in [6.07, 6.45) is 0. The summed E-state index contributed by atoms with van der Waals surface area (Å²) in [6, 6.07) is 27.0. The highest BCUT2D eigenvalue weighted by Crippen LogP contribution is 2.37. The molecule has 6 rings (SSSR count). The number of aromatic amines is 1. The van der Waals surface area contributed by atoms with Crippen molar-refractivity contribution in [2.24, 2.45) is 0 Å². The van der Waals surface area contributed by atoms with Crippen molar-refractivity contribution in [2.75, 3.05) is 0 Å². The van der Waals surface area contributed by atoms with Crippen LogP contribution in [0.2, 0.25) is 0 Å². The number of hydrogen-bond acceptors (Lipinski definition) is 2. The van der Waals surface area contributed by atoms with E-state index in [1.165, 1.54) is 10.8 Å². The van der Waals surface area contributed by atoms with Gasteiger partial charge in [0, 0.05) is 21.7 Å². The Balaban J connectivity index is 1.74. The molecule has 0 radical (unpaired) electrons. The van der Waals surface area contributed by atoms with E-state index < -0.39 is 0 Å². The monoisotopic (exact) mass is 334 g/mol. The fourth-order valence-electron chi connectivity index (χ4n) is 3.83. The number of oxazole rings is 1. The molecule has 1 N–H and O–H groups in total.